The molecule has 32 heavy (non-hydrogen) atoms. The summed E-state index contributed by atoms with van der Waals surface area (Å²) in [5.41, 5.74) is -1.51. The first-order valence-electron chi connectivity index (χ1n) is 8.44. The van der Waals surface area contributed by atoms with Gasteiger partial charge in [0.2, 0.25) is 22.0 Å². The zero-order valence-corrected chi connectivity index (χ0v) is 18.6. The summed E-state index contributed by atoms with van der Waals surface area (Å²) >= 11 is 11.3. The van der Waals surface area contributed by atoms with Crippen molar-refractivity contribution >= 4 is 43.2 Å². The van der Waals surface area contributed by atoms with Crippen LogP contribution in [-0.2, 0) is 20.0 Å². The molecule has 0 fully saturated rings. The van der Waals surface area contributed by atoms with E-state index in [2.05, 4.69) is 0 Å². The summed E-state index contributed by atoms with van der Waals surface area (Å²) in [7, 11) is -9.40. The summed E-state index contributed by atoms with van der Waals surface area (Å²) in [5.74, 6) is -7.97. The number of sulfonamides is 2. The summed E-state index contributed by atoms with van der Waals surface area (Å²) in [6, 6.07) is 8.61. The lowest BCUT2D eigenvalue weighted by atomic mass is 10.0. The zero-order valence-electron chi connectivity index (χ0n) is 15.5. The minimum atomic E-state index is -4.79. The molecule has 2 unspecified atom stereocenters. The first kappa shape index (κ1) is 24.5. The van der Waals surface area contributed by atoms with Gasteiger partial charge in [-0.1, -0.05) is 23.2 Å². The smallest absolute Gasteiger partial charge is 0.262 e. The Morgan fingerprint density at radius 1 is 0.812 bits per heavy atom. The Morgan fingerprint density at radius 2 is 1.25 bits per heavy atom. The lowest BCUT2D eigenvalue weighted by Gasteiger charge is -2.30. The van der Waals surface area contributed by atoms with Crippen LogP contribution in [0.2, 0.25) is 10.0 Å². The standard InChI is InChI=1S/C18H12Cl2F4N2O4S2/c19-10-1-5-12(6-2-10)31(27,28)25-16-14(21)9-18(24,17(23)15(16)22)26-32(29,30)13-7-3-11(20)4-8-13/h1-9,17,25-26H. The van der Waals surface area contributed by atoms with Crippen molar-refractivity contribution in [3.63, 3.8) is 0 Å². The van der Waals surface area contributed by atoms with Crippen molar-refractivity contribution < 1.29 is 34.4 Å². The lowest BCUT2D eigenvalue weighted by Crippen LogP contribution is -2.52. The molecule has 0 radical (unpaired) electrons. The largest absolute Gasteiger partial charge is 0.274 e. The lowest BCUT2D eigenvalue weighted by molar-refractivity contribution is 0.0845. The summed E-state index contributed by atoms with van der Waals surface area (Å²) in [6.45, 7) is 0. The molecule has 2 atom stereocenters. The number of alkyl halides is 2. The molecule has 0 aromatic heterocycles. The van der Waals surface area contributed by atoms with Crippen LogP contribution in [0.25, 0.3) is 0 Å². The molecule has 172 valence electrons. The fourth-order valence-electron chi connectivity index (χ4n) is 2.62. The van der Waals surface area contributed by atoms with Crippen molar-refractivity contribution in [3.8, 4) is 0 Å². The Hall–Kier alpha value is -2.12. The second kappa shape index (κ2) is 8.67. The maximum Gasteiger partial charge on any atom is 0.262 e. The highest BCUT2D eigenvalue weighted by Crippen LogP contribution is 2.37. The van der Waals surface area contributed by atoms with Gasteiger partial charge in [0.25, 0.3) is 10.0 Å². The van der Waals surface area contributed by atoms with Gasteiger partial charge in [0.1, 0.15) is 5.70 Å². The van der Waals surface area contributed by atoms with Gasteiger partial charge in [0.15, 0.2) is 11.7 Å². The van der Waals surface area contributed by atoms with E-state index in [0.29, 0.717) is 0 Å². The Bertz CT molecular complexity index is 1320. The predicted octanol–water partition coefficient (Wildman–Crippen LogP) is 4.30. The van der Waals surface area contributed by atoms with E-state index in [0.717, 1.165) is 36.4 Å². The quantitative estimate of drug-likeness (QED) is 0.430. The molecule has 1 aliphatic carbocycles. The zero-order chi connectivity index (χ0) is 23.9. The van der Waals surface area contributed by atoms with E-state index in [9.17, 15) is 30.0 Å². The molecule has 14 heteroatoms. The molecule has 2 aromatic rings. The number of nitrogens with one attached hydrogen (secondary N) is 2. The maximum atomic E-state index is 15.0. The van der Waals surface area contributed by atoms with Crippen LogP contribution in [0.5, 0.6) is 0 Å². The molecule has 0 heterocycles. The number of allylic oxidation sites excluding steroid dienone is 1. The summed E-state index contributed by atoms with van der Waals surface area (Å²) in [5, 5.41) is 0.328. The third-order valence-corrected chi connectivity index (χ3v) is 7.52. The van der Waals surface area contributed by atoms with Gasteiger partial charge in [-0.25, -0.2) is 34.4 Å². The van der Waals surface area contributed by atoms with E-state index in [-0.39, 0.29) is 16.1 Å². The minimum absolute atomic E-state index is 0.150. The van der Waals surface area contributed by atoms with Gasteiger partial charge in [-0.15, -0.1) is 0 Å². The van der Waals surface area contributed by atoms with Crippen molar-refractivity contribution in [3.05, 3.63) is 82.0 Å². The minimum Gasteiger partial charge on any atom is -0.274 e. The van der Waals surface area contributed by atoms with Gasteiger partial charge in [0, 0.05) is 16.1 Å². The number of rotatable bonds is 6. The van der Waals surface area contributed by atoms with Crippen LogP contribution in [-0.4, -0.2) is 28.8 Å². The number of halogens is 6. The van der Waals surface area contributed by atoms with Crippen LogP contribution < -0.4 is 9.44 Å². The molecule has 0 amide bonds. The molecular formula is C18H12Cl2F4N2O4S2. The molecular weight excluding hydrogens is 519 g/mol. The summed E-state index contributed by atoms with van der Waals surface area (Å²) in [6.07, 6.45) is -3.62. The van der Waals surface area contributed by atoms with E-state index < -0.39 is 59.2 Å². The van der Waals surface area contributed by atoms with E-state index in [1.807, 2.05) is 0 Å². The van der Waals surface area contributed by atoms with E-state index >= 15 is 4.39 Å². The first-order chi connectivity index (χ1) is 14.7. The molecule has 3 rings (SSSR count). The Morgan fingerprint density at radius 3 is 1.72 bits per heavy atom. The third-order valence-electron chi connectivity index (χ3n) is 4.18. The molecule has 0 aliphatic heterocycles. The second-order valence-corrected chi connectivity index (χ2v) is 10.7. The predicted molar refractivity (Wildman–Crippen MR) is 110 cm³/mol. The Labute approximate surface area is 190 Å². The van der Waals surface area contributed by atoms with Gasteiger partial charge in [-0.2, -0.15) is 4.72 Å². The molecule has 2 N–H and O–H groups in total. The average Bonchev–Trinajstić information content (AvgIpc) is 2.70. The first-order valence-corrected chi connectivity index (χ1v) is 12.2. The van der Waals surface area contributed by atoms with Crippen molar-refractivity contribution in [1.82, 2.24) is 9.44 Å². The van der Waals surface area contributed by atoms with Crippen LogP contribution in [0.4, 0.5) is 17.6 Å². The molecule has 6 nitrogen and oxygen atoms in total. The van der Waals surface area contributed by atoms with Gasteiger partial charge >= 0.3 is 0 Å². The Kier molecular flexibility index (Phi) is 6.64. The SMILES string of the molecule is O=S(=O)(NC1=C(F)C(F)C(F)(NS(=O)(=O)c2ccc(Cl)cc2)C=C1F)c1ccc(Cl)cc1. The molecule has 2 aromatic carbocycles. The maximum absolute atomic E-state index is 15.0. The highest BCUT2D eigenvalue weighted by molar-refractivity contribution is 7.90. The monoisotopic (exact) mass is 530 g/mol. The van der Waals surface area contributed by atoms with Gasteiger partial charge < -0.3 is 0 Å². The fraction of sp³-hybridized carbons (Fsp3) is 0.111. The highest BCUT2D eigenvalue weighted by atomic mass is 35.5. The third kappa shape index (κ3) is 4.94. The van der Waals surface area contributed by atoms with Gasteiger partial charge in [0.05, 0.1) is 9.79 Å². The molecule has 0 spiro atoms. The number of hydrogen-bond acceptors (Lipinski definition) is 4. The van der Waals surface area contributed by atoms with Gasteiger partial charge in [-0.3, -0.25) is 4.72 Å². The molecule has 0 bridgehead atoms. The molecule has 0 saturated heterocycles. The summed E-state index contributed by atoms with van der Waals surface area (Å²) in [4.78, 5) is -1.02. The van der Waals surface area contributed by atoms with Gasteiger partial charge in [-0.05, 0) is 48.5 Å². The fourth-order valence-corrected chi connectivity index (χ4v) is 5.13. The van der Waals surface area contributed by atoms with Crippen LogP contribution >= 0.6 is 23.2 Å². The topological polar surface area (TPSA) is 92.3 Å². The van der Waals surface area contributed by atoms with Crippen LogP contribution in [0.3, 0.4) is 0 Å². The Balaban J connectivity index is 1.92. The number of benzene rings is 2. The van der Waals surface area contributed by atoms with E-state index in [1.54, 1.807) is 0 Å². The second-order valence-electron chi connectivity index (χ2n) is 6.46. The molecule has 1 aliphatic rings. The highest BCUT2D eigenvalue weighted by Gasteiger charge is 2.50. The van der Waals surface area contributed by atoms with Crippen molar-refractivity contribution in [2.45, 2.75) is 21.8 Å². The van der Waals surface area contributed by atoms with E-state index in [4.69, 9.17) is 23.2 Å². The summed E-state index contributed by atoms with van der Waals surface area (Å²) < 4.78 is 111. The van der Waals surface area contributed by atoms with Crippen LogP contribution in [0.1, 0.15) is 0 Å². The van der Waals surface area contributed by atoms with Crippen LogP contribution in [0.15, 0.2) is 81.7 Å². The van der Waals surface area contributed by atoms with E-state index in [1.165, 1.54) is 21.6 Å². The van der Waals surface area contributed by atoms with Crippen molar-refractivity contribution in [1.29, 1.82) is 0 Å². The number of hydrogen-bond donors (Lipinski definition) is 2. The molecule has 0 saturated carbocycles. The average molecular weight is 531 g/mol. The van der Waals surface area contributed by atoms with Crippen molar-refractivity contribution in [2.24, 2.45) is 0 Å². The normalized spacial score (nSPS) is 21.9. The van der Waals surface area contributed by atoms with Crippen molar-refractivity contribution in [2.75, 3.05) is 0 Å². The van der Waals surface area contributed by atoms with Crippen LogP contribution in [0, 0.1) is 0 Å².